The number of halogens is 1. The number of carbonyl (C=O) groups is 1. The van der Waals surface area contributed by atoms with E-state index in [1.807, 2.05) is 45.0 Å². The molecule has 0 aliphatic heterocycles. The third-order valence-corrected chi connectivity index (χ3v) is 3.70. The monoisotopic (exact) mass is 317 g/mol. The number of amides is 1. The summed E-state index contributed by atoms with van der Waals surface area (Å²) in [5.74, 6) is 0.624. The van der Waals surface area contributed by atoms with Crippen LogP contribution in [0, 0.1) is 20.8 Å². The summed E-state index contributed by atoms with van der Waals surface area (Å²) >= 11 is 5.85. The topological polar surface area (TPSA) is 29.5 Å². The highest BCUT2D eigenvalue weighted by molar-refractivity contribution is 6.30. The molecule has 1 amide bonds. The van der Waals surface area contributed by atoms with Crippen LogP contribution in [0.25, 0.3) is 0 Å². The van der Waals surface area contributed by atoms with Gasteiger partial charge in [-0.2, -0.15) is 5.06 Å². The third-order valence-electron chi connectivity index (χ3n) is 3.45. The van der Waals surface area contributed by atoms with Crippen LogP contribution < -0.4 is 4.84 Å². The van der Waals surface area contributed by atoms with Crippen molar-refractivity contribution in [3.05, 3.63) is 63.7 Å². The molecular weight excluding hydrogens is 298 g/mol. The van der Waals surface area contributed by atoms with E-state index >= 15 is 0 Å². The molecule has 0 aliphatic carbocycles. The molecule has 0 aromatic heterocycles. The van der Waals surface area contributed by atoms with Crippen LogP contribution in [0.1, 0.15) is 22.3 Å². The van der Waals surface area contributed by atoms with Gasteiger partial charge >= 0.3 is 0 Å². The molecule has 2 aromatic carbocycles. The molecule has 0 spiro atoms. The van der Waals surface area contributed by atoms with E-state index < -0.39 is 0 Å². The van der Waals surface area contributed by atoms with E-state index in [0.717, 1.165) is 22.4 Å². The minimum atomic E-state index is -0.110. The van der Waals surface area contributed by atoms with E-state index in [9.17, 15) is 4.79 Å². The van der Waals surface area contributed by atoms with Gasteiger partial charge in [0.05, 0.1) is 6.42 Å². The minimum absolute atomic E-state index is 0.110. The first-order valence-electron chi connectivity index (χ1n) is 7.13. The molecule has 0 atom stereocenters. The number of nitrogens with zero attached hydrogens (tertiary/aromatic N) is 1. The van der Waals surface area contributed by atoms with Crippen LogP contribution in [-0.2, 0) is 11.2 Å². The molecule has 0 aliphatic rings. The number of benzene rings is 2. The number of hydroxylamine groups is 2. The quantitative estimate of drug-likeness (QED) is 0.789. The average molecular weight is 318 g/mol. The first kappa shape index (κ1) is 16.4. The Morgan fingerprint density at radius 1 is 1.09 bits per heavy atom. The van der Waals surface area contributed by atoms with Crippen molar-refractivity contribution in [2.45, 2.75) is 27.2 Å². The van der Waals surface area contributed by atoms with E-state index in [0.29, 0.717) is 5.02 Å². The largest absolute Gasteiger partial charge is 0.377 e. The summed E-state index contributed by atoms with van der Waals surface area (Å²) in [5.41, 5.74) is 4.12. The maximum Gasteiger partial charge on any atom is 0.259 e. The van der Waals surface area contributed by atoms with E-state index in [1.165, 1.54) is 10.6 Å². The van der Waals surface area contributed by atoms with Gasteiger partial charge < -0.3 is 4.84 Å². The third kappa shape index (κ3) is 4.01. The Hall–Kier alpha value is -2.00. The van der Waals surface area contributed by atoms with Gasteiger partial charge in [-0.25, -0.2) is 0 Å². The van der Waals surface area contributed by atoms with Crippen LogP contribution in [-0.4, -0.2) is 18.0 Å². The van der Waals surface area contributed by atoms with E-state index in [2.05, 4.69) is 0 Å². The Kier molecular flexibility index (Phi) is 5.09. The van der Waals surface area contributed by atoms with Crippen molar-refractivity contribution in [1.29, 1.82) is 0 Å². The summed E-state index contributed by atoms with van der Waals surface area (Å²) < 4.78 is 0. The van der Waals surface area contributed by atoms with Gasteiger partial charge in [-0.3, -0.25) is 4.79 Å². The Balaban J connectivity index is 2.07. The lowest BCUT2D eigenvalue weighted by Gasteiger charge is -2.21. The van der Waals surface area contributed by atoms with E-state index in [-0.39, 0.29) is 12.3 Å². The van der Waals surface area contributed by atoms with Gasteiger partial charge in [0.1, 0.15) is 0 Å². The van der Waals surface area contributed by atoms with Crippen LogP contribution in [0.5, 0.6) is 5.75 Å². The molecule has 2 rings (SSSR count). The Morgan fingerprint density at radius 3 is 2.18 bits per heavy atom. The molecule has 0 unspecified atom stereocenters. The van der Waals surface area contributed by atoms with Crippen LogP contribution in [0.15, 0.2) is 36.4 Å². The fourth-order valence-electron chi connectivity index (χ4n) is 2.39. The van der Waals surface area contributed by atoms with Crippen molar-refractivity contribution >= 4 is 17.5 Å². The van der Waals surface area contributed by atoms with Crippen LogP contribution >= 0.6 is 11.6 Å². The maximum absolute atomic E-state index is 12.3. The number of aryl methyl sites for hydroxylation is 3. The summed E-state index contributed by atoms with van der Waals surface area (Å²) in [6.45, 7) is 6.00. The highest BCUT2D eigenvalue weighted by Crippen LogP contribution is 2.25. The lowest BCUT2D eigenvalue weighted by atomic mass is 10.1. The van der Waals surface area contributed by atoms with Crippen molar-refractivity contribution < 1.29 is 9.63 Å². The predicted octanol–water partition coefficient (Wildman–Crippen LogP) is 4.26. The van der Waals surface area contributed by atoms with Crippen molar-refractivity contribution in [1.82, 2.24) is 5.06 Å². The molecule has 116 valence electrons. The summed E-state index contributed by atoms with van der Waals surface area (Å²) in [6, 6.07) is 11.3. The predicted molar refractivity (Wildman–Crippen MR) is 89.2 cm³/mol. The molecule has 0 heterocycles. The maximum atomic E-state index is 12.3. The molecule has 4 heteroatoms. The second-order valence-corrected chi connectivity index (χ2v) is 5.95. The number of hydrogen-bond acceptors (Lipinski definition) is 2. The van der Waals surface area contributed by atoms with Crippen molar-refractivity contribution in [2.75, 3.05) is 7.05 Å². The first-order valence-corrected chi connectivity index (χ1v) is 7.51. The van der Waals surface area contributed by atoms with Gasteiger partial charge in [-0.15, -0.1) is 0 Å². The van der Waals surface area contributed by atoms with Gasteiger partial charge in [0, 0.05) is 12.1 Å². The second-order valence-electron chi connectivity index (χ2n) is 5.51. The van der Waals surface area contributed by atoms with Crippen molar-refractivity contribution in [2.24, 2.45) is 0 Å². The normalized spacial score (nSPS) is 10.4. The highest BCUT2D eigenvalue weighted by atomic mass is 35.5. The lowest BCUT2D eigenvalue weighted by molar-refractivity contribution is -0.151. The highest BCUT2D eigenvalue weighted by Gasteiger charge is 2.14. The number of hydrogen-bond donors (Lipinski definition) is 0. The van der Waals surface area contributed by atoms with Gasteiger partial charge in [-0.1, -0.05) is 41.4 Å². The van der Waals surface area contributed by atoms with E-state index in [4.69, 9.17) is 16.4 Å². The second kappa shape index (κ2) is 6.84. The van der Waals surface area contributed by atoms with Crippen LogP contribution in [0.3, 0.4) is 0 Å². The minimum Gasteiger partial charge on any atom is -0.377 e. The Labute approximate surface area is 136 Å². The molecule has 0 radical (unpaired) electrons. The summed E-state index contributed by atoms with van der Waals surface area (Å²) in [5, 5.41) is 1.95. The number of likely N-dealkylation sites (N-methyl/N-ethyl adjacent to an activating group) is 1. The van der Waals surface area contributed by atoms with Crippen molar-refractivity contribution in [3.63, 3.8) is 0 Å². The van der Waals surface area contributed by atoms with Gasteiger partial charge in [0.15, 0.2) is 5.75 Å². The van der Waals surface area contributed by atoms with E-state index in [1.54, 1.807) is 19.2 Å². The van der Waals surface area contributed by atoms with Gasteiger partial charge in [0.25, 0.3) is 5.91 Å². The smallest absolute Gasteiger partial charge is 0.259 e. The SMILES string of the molecule is Cc1cc(C)c(ON(C)C(=O)Cc2ccc(Cl)cc2)c(C)c1. The Bertz CT molecular complexity index is 657. The number of rotatable bonds is 4. The fourth-order valence-corrected chi connectivity index (χ4v) is 2.51. The molecular formula is C18H20ClNO2. The molecule has 22 heavy (non-hydrogen) atoms. The summed E-state index contributed by atoms with van der Waals surface area (Å²) in [4.78, 5) is 18.0. The zero-order chi connectivity index (χ0) is 16.3. The molecule has 0 N–H and O–H groups in total. The molecule has 0 fully saturated rings. The molecule has 3 nitrogen and oxygen atoms in total. The Morgan fingerprint density at radius 2 is 1.64 bits per heavy atom. The van der Waals surface area contributed by atoms with Gasteiger partial charge in [0.2, 0.25) is 0 Å². The van der Waals surface area contributed by atoms with Gasteiger partial charge in [-0.05, 0) is 49.6 Å². The molecule has 0 bridgehead atoms. The molecule has 0 saturated heterocycles. The zero-order valence-electron chi connectivity index (χ0n) is 13.3. The standard InChI is InChI=1S/C18H20ClNO2/c1-12-9-13(2)18(14(3)10-12)22-20(4)17(21)11-15-5-7-16(19)8-6-15/h5-10H,11H2,1-4H3. The average Bonchev–Trinajstić information content (AvgIpc) is 2.45. The molecule has 2 aromatic rings. The van der Waals surface area contributed by atoms with Crippen molar-refractivity contribution in [3.8, 4) is 5.75 Å². The lowest BCUT2D eigenvalue weighted by Crippen LogP contribution is -2.32. The van der Waals surface area contributed by atoms with Crippen LogP contribution in [0.2, 0.25) is 5.02 Å². The zero-order valence-corrected chi connectivity index (χ0v) is 14.1. The summed E-state index contributed by atoms with van der Waals surface area (Å²) in [6.07, 6.45) is 0.275. The van der Waals surface area contributed by atoms with Crippen LogP contribution in [0.4, 0.5) is 0 Å². The molecule has 0 saturated carbocycles. The fraction of sp³-hybridized carbons (Fsp3) is 0.278. The summed E-state index contributed by atoms with van der Waals surface area (Å²) in [7, 11) is 1.64. The first-order chi connectivity index (χ1) is 10.4. The number of carbonyl (C=O) groups excluding carboxylic acids is 1.